The first-order chi connectivity index (χ1) is 10.0. The van der Waals surface area contributed by atoms with Crippen molar-refractivity contribution < 1.29 is 9.90 Å². The van der Waals surface area contributed by atoms with Crippen LogP contribution in [0.1, 0.15) is 32.4 Å². The number of carboxylic acids is 1. The van der Waals surface area contributed by atoms with Crippen LogP contribution in [0, 0.1) is 12.3 Å². The molecule has 0 aliphatic heterocycles. The molecule has 0 spiro atoms. The van der Waals surface area contributed by atoms with Crippen molar-refractivity contribution >= 4 is 5.97 Å². The van der Waals surface area contributed by atoms with Crippen LogP contribution in [0.5, 0.6) is 0 Å². The Morgan fingerprint density at radius 3 is 2.67 bits per heavy atom. The number of aliphatic carboxylic acids is 1. The Kier molecular flexibility index (Phi) is 4.30. The average molecular weight is 289 g/mol. The molecule has 7 nitrogen and oxygen atoms in total. The Bertz CT molecular complexity index is 634. The molecule has 2 aromatic rings. The average Bonchev–Trinajstić information content (AvgIpc) is 2.92. The van der Waals surface area contributed by atoms with Crippen molar-refractivity contribution in [3.05, 3.63) is 24.0 Å². The highest BCUT2D eigenvalue weighted by Gasteiger charge is 2.36. The highest BCUT2D eigenvalue weighted by molar-refractivity contribution is 5.74. The summed E-state index contributed by atoms with van der Waals surface area (Å²) in [6.45, 7) is 5.86. The highest BCUT2D eigenvalue weighted by Crippen LogP contribution is 2.30. The van der Waals surface area contributed by atoms with Crippen molar-refractivity contribution in [3.63, 3.8) is 0 Å². The molecule has 21 heavy (non-hydrogen) atoms. The zero-order valence-corrected chi connectivity index (χ0v) is 12.4. The lowest BCUT2D eigenvalue weighted by molar-refractivity contribution is -0.150. The molecular formula is C14H19N5O2. The zero-order chi connectivity index (χ0) is 15.5. The number of hydrogen-bond acceptors (Lipinski definition) is 5. The molecule has 112 valence electrons. The van der Waals surface area contributed by atoms with E-state index in [9.17, 15) is 9.90 Å². The highest BCUT2D eigenvalue weighted by atomic mass is 16.4. The van der Waals surface area contributed by atoms with E-state index < -0.39 is 11.4 Å². The molecule has 0 aromatic carbocycles. The van der Waals surface area contributed by atoms with Crippen molar-refractivity contribution in [1.29, 1.82) is 0 Å². The summed E-state index contributed by atoms with van der Waals surface area (Å²) < 4.78 is 1.56. The summed E-state index contributed by atoms with van der Waals surface area (Å²) in [5.41, 5.74) is 0.761. The van der Waals surface area contributed by atoms with Gasteiger partial charge in [0.15, 0.2) is 5.82 Å². The second-order valence-corrected chi connectivity index (χ2v) is 5.09. The minimum absolute atomic E-state index is 0.242. The third-order valence-corrected chi connectivity index (χ3v) is 4.04. The number of aryl methyl sites for hydroxylation is 1. The van der Waals surface area contributed by atoms with E-state index in [1.54, 1.807) is 10.9 Å². The summed E-state index contributed by atoms with van der Waals surface area (Å²) in [5, 5.41) is 21.2. The molecule has 0 aliphatic rings. The van der Waals surface area contributed by atoms with E-state index in [1.807, 2.05) is 32.9 Å². The van der Waals surface area contributed by atoms with Gasteiger partial charge in [-0.15, -0.1) is 5.10 Å². The molecule has 0 bridgehead atoms. The van der Waals surface area contributed by atoms with E-state index in [1.165, 1.54) is 0 Å². The van der Waals surface area contributed by atoms with Crippen molar-refractivity contribution in [2.75, 3.05) is 0 Å². The molecule has 1 N–H and O–H groups in total. The predicted molar refractivity (Wildman–Crippen MR) is 76.4 cm³/mol. The minimum atomic E-state index is -0.861. The number of carbonyl (C=O) groups is 1. The quantitative estimate of drug-likeness (QED) is 0.873. The van der Waals surface area contributed by atoms with Crippen molar-refractivity contribution in [1.82, 2.24) is 25.2 Å². The van der Waals surface area contributed by atoms with Crippen LogP contribution in [0.15, 0.2) is 18.3 Å². The van der Waals surface area contributed by atoms with Gasteiger partial charge < -0.3 is 5.11 Å². The maximum absolute atomic E-state index is 11.6. The molecular weight excluding hydrogens is 270 g/mol. The second kappa shape index (κ2) is 5.99. The van der Waals surface area contributed by atoms with Crippen molar-refractivity contribution in [3.8, 4) is 11.4 Å². The number of nitrogens with zero attached hydrogens (tertiary/aromatic N) is 5. The van der Waals surface area contributed by atoms with E-state index in [0.717, 1.165) is 11.3 Å². The van der Waals surface area contributed by atoms with E-state index in [-0.39, 0.29) is 6.54 Å². The maximum atomic E-state index is 11.6. The fourth-order valence-electron chi connectivity index (χ4n) is 2.35. The van der Waals surface area contributed by atoms with Gasteiger partial charge in [0.1, 0.15) is 0 Å². The van der Waals surface area contributed by atoms with E-state index in [4.69, 9.17) is 0 Å². The topological polar surface area (TPSA) is 93.8 Å². The van der Waals surface area contributed by atoms with Gasteiger partial charge in [-0.05, 0) is 42.3 Å². The lowest BCUT2D eigenvalue weighted by Gasteiger charge is -2.26. The number of carboxylic acid groups (broad SMARTS) is 1. The Morgan fingerprint density at radius 1 is 1.38 bits per heavy atom. The molecule has 0 unspecified atom stereocenters. The number of rotatable bonds is 6. The maximum Gasteiger partial charge on any atom is 0.311 e. The van der Waals surface area contributed by atoms with Crippen LogP contribution in [0.4, 0.5) is 0 Å². The summed E-state index contributed by atoms with van der Waals surface area (Å²) in [6, 6.07) is 3.69. The summed E-state index contributed by atoms with van der Waals surface area (Å²) in [4.78, 5) is 15.9. The number of pyridine rings is 1. The van der Waals surface area contributed by atoms with Gasteiger partial charge in [0.2, 0.25) is 0 Å². The van der Waals surface area contributed by atoms with E-state index in [0.29, 0.717) is 18.7 Å². The second-order valence-electron chi connectivity index (χ2n) is 5.09. The standard InChI is InChI=1S/C14H19N5O2/c1-4-14(5-2,13(20)21)9-19-12(16-17-18-19)11-7-6-8-15-10(11)3/h6-8H,4-5,9H2,1-3H3,(H,20,21). The van der Waals surface area contributed by atoms with Gasteiger partial charge in [-0.2, -0.15) is 0 Å². The Hall–Kier alpha value is -2.31. The Balaban J connectivity index is 2.42. The van der Waals surface area contributed by atoms with Crippen LogP contribution >= 0.6 is 0 Å². The molecule has 0 aliphatic carbocycles. The molecule has 2 heterocycles. The third-order valence-electron chi connectivity index (χ3n) is 4.04. The number of hydrogen-bond donors (Lipinski definition) is 1. The zero-order valence-electron chi connectivity index (χ0n) is 12.4. The van der Waals surface area contributed by atoms with Crippen molar-refractivity contribution in [2.45, 2.75) is 40.2 Å². The van der Waals surface area contributed by atoms with Gasteiger partial charge in [0.05, 0.1) is 12.0 Å². The fourth-order valence-corrected chi connectivity index (χ4v) is 2.35. The molecule has 0 amide bonds. The van der Waals surface area contributed by atoms with Gasteiger partial charge in [0, 0.05) is 17.5 Å². The normalized spacial score (nSPS) is 11.6. The first-order valence-corrected chi connectivity index (χ1v) is 6.95. The summed E-state index contributed by atoms with van der Waals surface area (Å²) in [5.74, 6) is -0.273. The van der Waals surface area contributed by atoms with E-state index >= 15 is 0 Å². The third kappa shape index (κ3) is 2.76. The van der Waals surface area contributed by atoms with E-state index in [2.05, 4.69) is 20.5 Å². The van der Waals surface area contributed by atoms with Crippen LogP contribution in [-0.4, -0.2) is 36.3 Å². The molecule has 2 aromatic heterocycles. The molecule has 0 fully saturated rings. The largest absolute Gasteiger partial charge is 0.481 e. The predicted octanol–water partition coefficient (Wildman–Crippen LogP) is 1.93. The van der Waals surface area contributed by atoms with Crippen LogP contribution in [0.25, 0.3) is 11.4 Å². The fraction of sp³-hybridized carbons (Fsp3) is 0.500. The minimum Gasteiger partial charge on any atom is -0.481 e. The summed E-state index contributed by atoms with van der Waals surface area (Å²) in [6.07, 6.45) is 2.74. The molecule has 0 radical (unpaired) electrons. The smallest absolute Gasteiger partial charge is 0.311 e. The first-order valence-electron chi connectivity index (χ1n) is 6.95. The molecule has 0 saturated heterocycles. The van der Waals surface area contributed by atoms with Gasteiger partial charge in [-0.3, -0.25) is 9.78 Å². The molecule has 7 heteroatoms. The molecule has 2 rings (SSSR count). The van der Waals surface area contributed by atoms with Gasteiger partial charge in [-0.1, -0.05) is 13.8 Å². The van der Waals surface area contributed by atoms with Gasteiger partial charge >= 0.3 is 5.97 Å². The van der Waals surface area contributed by atoms with Crippen LogP contribution in [0.3, 0.4) is 0 Å². The Labute approximate surface area is 123 Å². The van der Waals surface area contributed by atoms with Crippen LogP contribution in [-0.2, 0) is 11.3 Å². The molecule has 0 saturated carbocycles. The van der Waals surface area contributed by atoms with Crippen LogP contribution in [0.2, 0.25) is 0 Å². The SMILES string of the molecule is CCC(CC)(Cn1nnnc1-c1cccnc1C)C(=O)O. The van der Waals surface area contributed by atoms with Gasteiger partial charge in [0.25, 0.3) is 0 Å². The number of tetrazole rings is 1. The summed E-state index contributed by atoms with van der Waals surface area (Å²) in [7, 11) is 0. The van der Waals surface area contributed by atoms with Gasteiger partial charge in [-0.25, -0.2) is 4.68 Å². The lowest BCUT2D eigenvalue weighted by atomic mass is 9.82. The lowest BCUT2D eigenvalue weighted by Crippen LogP contribution is -2.35. The Morgan fingerprint density at radius 2 is 2.10 bits per heavy atom. The first kappa shape index (κ1) is 15.1. The van der Waals surface area contributed by atoms with Crippen molar-refractivity contribution in [2.24, 2.45) is 5.41 Å². The molecule has 0 atom stereocenters. The summed E-state index contributed by atoms with van der Waals surface area (Å²) >= 11 is 0. The van der Waals surface area contributed by atoms with Crippen LogP contribution < -0.4 is 0 Å². The monoisotopic (exact) mass is 289 g/mol. The number of aromatic nitrogens is 5.